The summed E-state index contributed by atoms with van der Waals surface area (Å²) >= 11 is 1.89. The monoisotopic (exact) mass is 397 g/mol. The van der Waals surface area contributed by atoms with E-state index in [0.29, 0.717) is 17.9 Å². The fraction of sp³-hybridized carbons (Fsp3) is 0.579. The molecule has 2 N–H and O–H groups in total. The molecule has 0 bridgehead atoms. The van der Waals surface area contributed by atoms with E-state index >= 15 is 0 Å². The van der Waals surface area contributed by atoms with Gasteiger partial charge in [0.25, 0.3) is 5.91 Å². The zero-order valence-electron chi connectivity index (χ0n) is 15.3. The average molecular weight is 398 g/mol. The van der Waals surface area contributed by atoms with Crippen LogP contribution in [0, 0.1) is 12.8 Å². The number of halogens is 1. The maximum atomic E-state index is 12.6. The average Bonchev–Trinajstić information content (AvgIpc) is 3.15. The highest BCUT2D eigenvalue weighted by Gasteiger charge is 2.20. The topological polar surface area (TPSA) is 61.4 Å². The highest BCUT2D eigenvalue weighted by molar-refractivity contribution is 7.99. The van der Waals surface area contributed by atoms with Gasteiger partial charge in [0.05, 0.1) is 0 Å². The summed E-state index contributed by atoms with van der Waals surface area (Å²) in [6, 6.07) is 5.61. The predicted molar refractivity (Wildman–Crippen MR) is 110 cm³/mol. The lowest BCUT2D eigenvalue weighted by molar-refractivity contribution is -0.116. The Kier molecular flexibility index (Phi) is 8.25. The molecule has 2 aliphatic rings. The molecule has 5 nitrogen and oxygen atoms in total. The van der Waals surface area contributed by atoms with Crippen molar-refractivity contribution in [2.75, 3.05) is 43.0 Å². The Bertz CT molecular complexity index is 629. The molecule has 0 aromatic heterocycles. The van der Waals surface area contributed by atoms with Crippen molar-refractivity contribution in [2.45, 2.75) is 26.2 Å². The predicted octanol–water partition coefficient (Wildman–Crippen LogP) is 2.93. The first-order valence-electron chi connectivity index (χ1n) is 9.12. The number of amides is 2. The Morgan fingerprint density at radius 3 is 2.77 bits per heavy atom. The number of nitrogens with zero attached hydrogens (tertiary/aromatic N) is 1. The van der Waals surface area contributed by atoms with E-state index in [2.05, 4.69) is 10.6 Å². The molecule has 26 heavy (non-hydrogen) atoms. The van der Waals surface area contributed by atoms with Gasteiger partial charge in [-0.25, -0.2) is 0 Å². The maximum absolute atomic E-state index is 12.6. The number of aryl methyl sites for hydroxylation is 1. The van der Waals surface area contributed by atoms with Crippen molar-refractivity contribution in [2.24, 2.45) is 5.92 Å². The van der Waals surface area contributed by atoms with Gasteiger partial charge in [0.2, 0.25) is 5.91 Å². The summed E-state index contributed by atoms with van der Waals surface area (Å²) < 4.78 is 0. The molecule has 144 valence electrons. The van der Waals surface area contributed by atoms with Crippen LogP contribution in [0.3, 0.4) is 0 Å². The molecule has 1 aromatic carbocycles. The van der Waals surface area contributed by atoms with Crippen molar-refractivity contribution in [3.05, 3.63) is 29.3 Å². The molecule has 2 amide bonds. The van der Waals surface area contributed by atoms with Gasteiger partial charge in [-0.15, -0.1) is 12.4 Å². The zero-order chi connectivity index (χ0) is 17.6. The number of hydrogen-bond donors (Lipinski definition) is 2. The molecule has 0 radical (unpaired) electrons. The molecule has 0 spiro atoms. The van der Waals surface area contributed by atoms with Gasteiger partial charge >= 0.3 is 0 Å². The van der Waals surface area contributed by atoms with E-state index in [1.54, 1.807) is 0 Å². The fourth-order valence-corrected chi connectivity index (χ4v) is 4.25. The molecular formula is C19H28ClN3O2S. The molecule has 2 fully saturated rings. The minimum Gasteiger partial charge on any atom is -0.337 e. The molecule has 2 heterocycles. The van der Waals surface area contributed by atoms with Crippen LogP contribution in [0.4, 0.5) is 5.69 Å². The van der Waals surface area contributed by atoms with Gasteiger partial charge in [0.1, 0.15) is 0 Å². The number of anilines is 1. The van der Waals surface area contributed by atoms with Crippen molar-refractivity contribution >= 4 is 41.7 Å². The number of rotatable bonds is 5. The van der Waals surface area contributed by atoms with Crippen molar-refractivity contribution < 1.29 is 9.59 Å². The van der Waals surface area contributed by atoms with E-state index in [0.717, 1.165) is 61.8 Å². The molecule has 1 atom stereocenters. The summed E-state index contributed by atoms with van der Waals surface area (Å²) in [7, 11) is 0. The smallest absolute Gasteiger partial charge is 0.253 e. The Hall–Kier alpha value is -1.24. The van der Waals surface area contributed by atoms with Crippen LogP contribution >= 0.6 is 24.2 Å². The van der Waals surface area contributed by atoms with Gasteiger partial charge in [-0.2, -0.15) is 11.8 Å². The summed E-state index contributed by atoms with van der Waals surface area (Å²) in [6.45, 7) is 5.64. The van der Waals surface area contributed by atoms with Crippen LogP contribution in [-0.2, 0) is 4.79 Å². The van der Waals surface area contributed by atoms with E-state index in [1.165, 1.54) is 0 Å². The molecule has 0 saturated carbocycles. The van der Waals surface area contributed by atoms with Crippen LogP contribution in [0.5, 0.6) is 0 Å². The van der Waals surface area contributed by atoms with Crippen molar-refractivity contribution in [3.63, 3.8) is 0 Å². The molecule has 3 rings (SSSR count). The van der Waals surface area contributed by atoms with Gasteiger partial charge in [0.15, 0.2) is 0 Å². The van der Waals surface area contributed by atoms with Crippen LogP contribution in [0.1, 0.15) is 35.2 Å². The lowest BCUT2D eigenvalue weighted by Crippen LogP contribution is -2.37. The number of hydrogen-bond acceptors (Lipinski definition) is 4. The summed E-state index contributed by atoms with van der Waals surface area (Å²) in [5.74, 6) is 2.70. The van der Waals surface area contributed by atoms with Crippen LogP contribution in [0.25, 0.3) is 0 Å². The Morgan fingerprint density at radius 2 is 2.08 bits per heavy atom. The van der Waals surface area contributed by atoms with E-state index in [9.17, 15) is 9.59 Å². The summed E-state index contributed by atoms with van der Waals surface area (Å²) in [5.41, 5.74) is 2.40. The molecule has 7 heteroatoms. The first kappa shape index (κ1) is 21.1. The van der Waals surface area contributed by atoms with Crippen LogP contribution in [0.15, 0.2) is 18.2 Å². The summed E-state index contributed by atoms with van der Waals surface area (Å²) in [4.78, 5) is 26.8. The highest BCUT2D eigenvalue weighted by Crippen LogP contribution is 2.21. The third kappa shape index (κ3) is 5.63. The molecule has 1 unspecified atom stereocenters. The lowest BCUT2D eigenvalue weighted by atomic mass is 10.0. The van der Waals surface area contributed by atoms with E-state index in [1.807, 2.05) is 41.8 Å². The number of carbonyl (C=O) groups is 2. The summed E-state index contributed by atoms with van der Waals surface area (Å²) in [5, 5.41) is 6.33. The second kappa shape index (κ2) is 10.2. The van der Waals surface area contributed by atoms with E-state index in [4.69, 9.17) is 0 Å². The van der Waals surface area contributed by atoms with Gasteiger partial charge < -0.3 is 15.5 Å². The maximum Gasteiger partial charge on any atom is 0.253 e. The molecule has 2 saturated heterocycles. The lowest BCUT2D eigenvalue weighted by Gasteiger charge is -2.26. The highest BCUT2D eigenvalue weighted by atomic mass is 35.5. The minimum absolute atomic E-state index is 0. The summed E-state index contributed by atoms with van der Waals surface area (Å²) in [6.07, 6.45) is 2.61. The van der Waals surface area contributed by atoms with E-state index in [-0.39, 0.29) is 24.2 Å². The number of nitrogens with one attached hydrogen (secondary N) is 2. The zero-order valence-corrected chi connectivity index (χ0v) is 16.9. The Labute approximate surface area is 166 Å². The SMILES string of the molecule is Cc1ccc(C(=O)N2CCSCC2)cc1NC(=O)CCC1CCNC1.Cl. The van der Waals surface area contributed by atoms with Crippen LogP contribution < -0.4 is 10.6 Å². The standard InChI is InChI=1S/C19H27N3O2S.ClH/c1-14-2-4-16(19(24)22-8-10-25-11-9-22)12-17(14)21-18(23)5-3-15-6-7-20-13-15;/h2,4,12,15,20H,3,5-11,13H2,1H3,(H,21,23);1H. The van der Waals surface area contributed by atoms with Crippen molar-refractivity contribution in [3.8, 4) is 0 Å². The first-order chi connectivity index (χ1) is 12.1. The van der Waals surface area contributed by atoms with Crippen LogP contribution in [-0.4, -0.2) is 54.4 Å². The minimum atomic E-state index is 0. The van der Waals surface area contributed by atoms with Gasteiger partial charge in [-0.3, -0.25) is 9.59 Å². The van der Waals surface area contributed by atoms with Gasteiger partial charge in [-0.05, 0) is 56.5 Å². The van der Waals surface area contributed by atoms with Gasteiger partial charge in [0, 0.05) is 42.3 Å². The molecular weight excluding hydrogens is 370 g/mol. The third-order valence-electron chi connectivity index (χ3n) is 5.00. The van der Waals surface area contributed by atoms with Crippen LogP contribution in [0.2, 0.25) is 0 Å². The second-order valence-electron chi connectivity index (χ2n) is 6.88. The third-order valence-corrected chi connectivity index (χ3v) is 5.94. The van der Waals surface area contributed by atoms with Crippen molar-refractivity contribution in [1.82, 2.24) is 10.2 Å². The van der Waals surface area contributed by atoms with Gasteiger partial charge in [-0.1, -0.05) is 6.07 Å². The quantitative estimate of drug-likeness (QED) is 0.801. The Balaban J connectivity index is 0.00000243. The first-order valence-corrected chi connectivity index (χ1v) is 10.3. The molecule has 2 aliphatic heterocycles. The number of benzene rings is 1. The number of carbonyl (C=O) groups excluding carboxylic acids is 2. The normalized spacial score (nSPS) is 19.7. The fourth-order valence-electron chi connectivity index (χ4n) is 3.35. The molecule has 1 aromatic rings. The van der Waals surface area contributed by atoms with E-state index < -0.39 is 0 Å². The molecule has 0 aliphatic carbocycles. The largest absolute Gasteiger partial charge is 0.337 e. The second-order valence-corrected chi connectivity index (χ2v) is 8.10. The Morgan fingerprint density at radius 1 is 1.31 bits per heavy atom. The number of thioether (sulfide) groups is 1. The van der Waals surface area contributed by atoms with Crippen molar-refractivity contribution in [1.29, 1.82) is 0 Å².